The van der Waals surface area contributed by atoms with Crippen LogP contribution in [0, 0.1) is 0 Å². The molecule has 0 aromatic carbocycles. The number of hydrogen-bond donors (Lipinski definition) is 1. The van der Waals surface area contributed by atoms with Gasteiger partial charge >= 0.3 is 0 Å². The first-order valence-electron chi connectivity index (χ1n) is 7.97. The average Bonchev–Trinajstić information content (AvgIpc) is 2.83. The topological polar surface area (TPSA) is 15.3 Å². The Morgan fingerprint density at radius 2 is 1.89 bits per heavy atom. The third-order valence-corrected chi connectivity index (χ3v) is 6.44. The van der Waals surface area contributed by atoms with E-state index >= 15 is 0 Å². The molecule has 3 saturated heterocycles. The lowest BCUT2D eigenvalue weighted by Gasteiger charge is -2.50. The van der Waals surface area contributed by atoms with Crippen LogP contribution in [-0.4, -0.2) is 47.1 Å². The molecule has 3 unspecified atom stereocenters. The summed E-state index contributed by atoms with van der Waals surface area (Å²) in [7, 11) is 0. The Hall–Kier alpha value is 0.270. The Morgan fingerprint density at radius 3 is 2.50 bits per heavy atom. The molecule has 3 fully saturated rings. The molecular weight excluding hydrogens is 240 g/mol. The zero-order valence-corrected chi connectivity index (χ0v) is 12.6. The van der Waals surface area contributed by atoms with Gasteiger partial charge in [0, 0.05) is 29.9 Å². The molecule has 3 heterocycles. The summed E-state index contributed by atoms with van der Waals surface area (Å²) in [4.78, 5) is 2.90. The molecule has 0 spiro atoms. The van der Waals surface area contributed by atoms with Crippen molar-refractivity contribution in [1.82, 2.24) is 10.2 Å². The zero-order valence-electron chi connectivity index (χ0n) is 11.7. The summed E-state index contributed by atoms with van der Waals surface area (Å²) in [5.74, 6) is 1.41. The van der Waals surface area contributed by atoms with Crippen LogP contribution in [-0.2, 0) is 0 Å². The minimum Gasteiger partial charge on any atom is -0.314 e. The number of nitrogens with one attached hydrogen (secondary N) is 1. The van der Waals surface area contributed by atoms with Crippen LogP contribution in [0.15, 0.2) is 0 Å². The second kappa shape index (κ2) is 6.15. The van der Waals surface area contributed by atoms with Crippen molar-refractivity contribution >= 4 is 11.8 Å². The van der Waals surface area contributed by atoms with Gasteiger partial charge in [0.15, 0.2) is 0 Å². The first kappa shape index (κ1) is 13.3. The van der Waals surface area contributed by atoms with Gasteiger partial charge in [0.1, 0.15) is 0 Å². The largest absolute Gasteiger partial charge is 0.314 e. The van der Waals surface area contributed by atoms with Crippen LogP contribution in [0.4, 0.5) is 0 Å². The van der Waals surface area contributed by atoms with Gasteiger partial charge in [-0.15, -0.1) is 0 Å². The summed E-state index contributed by atoms with van der Waals surface area (Å²) in [5.41, 5.74) is 0. The zero-order chi connectivity index (χ0) is 12.4. The van der Waals surface area contributed by atoms with Crippen molar-refractivity contribution in [3.63, 3.8) is 0 Å². The third kappa shape index (κ3) is 2.88. The van der Waals surface area contributed by atoms with E-state index in [-0.39, 0.29) is 0 Å². The number of fused-ring (bicyclic) bond motifs is 2. The van der Waals surface area contributed by atoms with Crippen molar-refractivity contribution in [2.45, 2.75) is 75.2 Å². The summed E-state index contributed by atoms with van der Waals surface area (Å²) >= 11 is 2.23. The predicted octanol–water partition coefficient (Wildman–Crippen LogP) is 2.88. The number of rotatable bonds is 4. The van der Waals surface area contributed by atoms with Crippen molar-refractivity contribution < 1.29 is 0 Å². The van der Waals surface area contributed by atoms with Gasteiger partial charge in [-0.3, -0.25) is 4.90 Å². The molecule has 1 N–H and O–H groups in total. The maximum atomic E-state index is 3.70. The fourth-order valence-corrected chi connectivity index (χ4v) is 5.53. The molecular formula is C15H28N2S. The van der Waals surface area contributed by atoms with E-state index in [4.69, 9.17) is 0 Å². The van der Waals surface area contributed by atoms with Crippen LogP contribution in [0.2, 0.25) is 0 Å². The van der Waals surface area contributed by atoms with Crippen LogP contribution in [0.3, 0.4) is 0 Å². The molecule has 0 amide bonds. The summed E-state index contributed by atoms with van der Waals surface area (Å²) in [6, 6.07) is 2.59. The highest BCUT2D eigenvalue weighted by atomic mass is 32.2. The maximum Gasteiger partial charge on any atom is 0.0175 e. The minimum atomic E-state index is 0.804. The van der Waals surface area contributed by atoms with Gasteiger partial charge in [-0.2, -0.15) is 11.8 Å². The first-order chi connectivity index (χ1) is 8.86. The summed E-state index contributed by atoms with van der Waals surface area (Å²) < 4.78 is 0. The molecule has 0 aliphatic carbocycles. The van der Waals surface area contributed by atoms with E-state index in [1.165, 1.54) is 57.2 Å². The van der Waals surface area contributed by atoms with E-state index in [1.807, 2.05) is 0 Å². The van der Waals surface area contributed by atoms with Gasteiger partial charge in [-0.25, -0.2) is 0 Å². The van der Waals surface area contributed by atoms with E-state index in [0.29, 0.717) is 0 Å². The highest BCUT2D eigenvalue weighted by Crippen LogP contribution is 2.36. The van der Waals surface area contributed by atoms with E-state index in [9.17, 15) is 0 Å². The molecule has 0 radical (unpaired) electrons. The molecule has 0 aromatic rings. The number of hydrogen-bond acceptors (Lipinski definition) is 3. The van der Waals surface area contributed by atoms with Gasteiger partial charge < -0.3 is 5.32 Å². The summed E-state index contributed by atoms with van der Waals surface area (Å²) in [6.07, 6.45) is 10.1. The fraction of sp³-hybridized carbons (Fsp3) is 1.00. The lowest BCUT2D eigenvalue weighted by atomic mass is 9.81. The molecule has 0 aromatic heterocycles. The predicted molar refractivity (Wildman–Crippen MR) is 80.3 cm³/mol. The van der Waals surface area contributed by atoms with Gasteiger partial charge in [0.05, 0.1) is 0 Å². The second-order valence-electron chi connectivity index (χ2n) is 6.30. The molecule has 3 atom stereocenters. The molecule has 3 aliphatic rings. The molecule has 104 valence electrons. The van der Waals surface area contributed by atoms with E-state index in [1.54, 1.807) is 0 Å². The van der Waals surface area contributed by atoms with Crippen molar-refractivity contribution in [3.05, 3.63) is 0 Å². The van der Waals surface area contributed by atoms with Crippen molar-refractivity contribution in [3.8, 4) is 0 Å². The number of thioether (sulfide) groups is 1. The van der Waals surface area contributed by atoms with Crippen LogP contribution >= 0.6 is 11.8 Å². The molecule has 3 rings (SSSR count). The Morgan fingerprint density at radius 1 is 1.11 bits per heavy atom. The number of piperidine rings is 2. The number of nitrogens with zero attached hydrogens (tertiary/aromatic N) is 1. The Balaban J connectivity index is 1.60. The molecule has 2 nitrogen and oxygen atoms in total. The van der Waals surface area contributed by atoms with Crippen molar-refractivity contribution in [2.24, 2.45) is 0 Å². The van der Waals surface area contributed by atoms with Crippen LogP contribution in [0.25, 0.3) is 0 Å². The smallest absolute Gasteiger partial charge is 0.0175 e. The average molecular weight is 268 g/mol. The Labute approximate surface area is 116 Å². The van der Waals surface area contributed by atoms with E-state index in [0.717, 1.165) is 29.9 Å². The first-order valence-corrected chi connectivity index (χ1v) is 9.02. The van der Waals surface area contributed by atoms with Crippen LogP contribution in [0.1, 0.15) is 51.9 Å². The van der Waals surface area contributed by atoms with Gasteiger partial charge in [0.25, 0.3) is 0 Å². The lowest BCUT2D eigenvalue weighted by molar-refractivity contribution is 0.0253. The SMILES string of the molecule is CCNC1CC2CCCC(C1)N2CC1CCCS1. The van der Waals surface area contributed by atoms with Crippen molar-refractivity contribution in [2.75, 3.05) is 18.8 Å². The molecule has 0 saturated carbocycles. The molecule has 3 heteroatoms. The lowest BCUT2D eigenvalue weighted by Crippen LogP contribution is -2.57. The van der Waals surface area contributed by atoms with E-state index in [2.05, 4.69) is 28.9 Å². The third-order valence-electron chi connectivity index (χ3n) is 5.06. The Bertz CT molecular complexity index is 251. The summed E-state index contributed by atoms with van der Waals surface area (Å²) in [6.45, 7) is 4.78. The van der Waals surface area contributed by atoms with Gasteiger partial charge in [-0.1, -0.05) is 13.3 Å². The highest BCUT2D eigenvalue weighted by molar-refractivity contribution is 8.00. The summed E-state index contributed by atoms with van der Waals surface area (Å²) in [5, 5.41) is 4.64. The molecule has 3 aliphatic heterocycles. The van der Waals surface area contributed by atoms with Gasteiger partial charge in [0.2, 0.25) is 0 Å². The maximum absolute atomic E-state index is 3.70. The Kier molecular flexibility index (Phi) is 4.53. The van der Waals surface area contributed by atoms with Crippen LogP contribution in [0.5, 0.6) is 0 Å². The molecule has 18 heavy (non-hydrogen) atoms. The monoisotopic (exact) mass is 268 g/mol. The normalized spacial score (nSPS) is 41.2. The fourth-order valence-electron chi connectivity index (χ4n) is 4.26. The highest BCUT2D eigenvalue weighted by Gasteiger charge is 2.38. The van der Waals surface area contributed by atoms with Gasteiger partial charge in [-0.05, 0) is 50.8 Å². The van der Waals surface area contributed by atoms with Crippen LogP contribution < -0.4 is 5.32 Å². The van der Waals surface area contributed by atoms with E-state index < -0.39 is 0 Å². The minimum absolute atomic E-state index is 0.804. The standard InChI is InChI=1S/C15H28N2S/c1-2-16-12-9-13-5-3-6-14(10-12)17(13)11-15-7-4-8-18-15/h12-16H,2-11H2,1H3. The van der Waals surface area contributed by atoms with Crippen molar-refractivity contribution in [1.29, 1.82) is 0 Å². The molecule has 2 bridgehead atoms. The second-order valence-corrected chi connectivity index (χ2v) is 7.70. The quantitative estimate of drug-likeness (QED) is 0.844.